The van der Waals surface area contributed by atoms with Gasteiger partial charge >= 0.3 is 6.01 Å². The first-order chi connectivity index (χ1) is 10.3. The predicted octanol–water partition coefficient (Wildman–Crippen LogP) is 4.63. The van der Waals surface area contributed by atoms with Gasteiger partial charge in [0, 0.05) is 10.7 Å². The van der Waals surface area contributed by atoms with Crippen LogP contribution in [0.1, 0.15) is 5.56 Å². The minimum absolute atomic E-state index is 0.218. The molecule has 0 bridgehead atoms. The molecule has 0 saturated heterocycles. The molecule has 102 valence electrons. The fourth-order valence-electron chi connectivity index (χ4n) is 1.74. The van der Waals surface area contributed by atoms with Crippen molar-refractivity contribution in [2.45, 2.75) is 0 Å². The van der Waals surface area contributed by atoms with Crippen molar-refractivity contribution in [2.24, 2.45) is 0 Å². The van der Waals surface area contributed by atoms with E-state index in [1.54, 1.807) is 41.8 Å². The maximum atomic E-state index is 9.06. The Kier molecular flexibility index (Phi) is 3.95. The second-order valence-corrected chi connectivity index (χ2v) is 5.80. The van der Waals surface area contributed by atoms with Crippen molar-refractivity contribution in [3.05, 3.63) is 58.0 Å². The molecular weight excluding hydrogens is 350 g/mol. The summed E-state index contributed by atoms with van der Waals surface area (Å²) in [5.41, 5.74) is 1.22. The summed E-state index contributed by atoms with van der Waals surface area (Å²) in [6.45, 7) is 0. The number of para-hydroxylation sites is 1. The van der Waals surface area contributed by atoms with Gasteiger partial charge in [0.2, 0.25) is 0 Å². The molecule has 0 aliphatic rings. The number of benzene rings is 1. The maximum Gasteiger partial charge on any atom is 0.322 e. The molecule has 0 atom stereocenters. The highest BCUT2D eigenvalue weighted by molar-refractivity contribution is 9.10. The van der Waals surface area contributed by atoms with Crippen molar-refractivity contribution < 1.29 is 4.74 Å². The molecule has 0 radical (unpaired) electrons. The monoisotopic (exact) mass is 357 g/mol. The molecule has 0 aliphatic carbocycles. The van der Waals surface area contributed by atoms with Crippen LogP contribution < -0.4 is 4.74 Å². The lowest BCUT2D eigenvalue weighted by molar-refractivity contribution is 0.441. The molecule has 0 saturated carbocycles. The van der Waals surface area contributed by atoms with Crippen LogP contribution in [0.25, 0.3) is 10.6 Å². The van der Waals surface area contributed by atoms with Crippen molar-refractivity contribution in [3.63, 3.8) is 0 Å². The standard InChI is InChI=1S/C15H8BrN3OS/c16-11-6-8-21-14(11)12-5-7-18-15(19-12)20-13-4-2-1-3-10(13)9-17/h1-8H. The molecule has 1 aromatic carbocycles. The Balaban J connectivity index is 1.94. The number of halogens is 1. The van der Waals surface area contributed by atoms with Crippen molar-refractivity contribution in [1.82, 2.24) is 9.97 Å². The highest BCUT2D eigenvalue weighted by Gasteiger charge is 2.10. The first-order valence-electron chi connectivity index (χ1n) is 6.01. The second kappa shape index (κ2) is 6.04. The summed E-state index contributed by atoms with van der Waals surface area (Å²) in [6, 6.07) is 13.1. The van der Waals surface area contributed by atoms with Gasteiger partial charge in [0.25, 0.3) is 0 Å². The Morgan fingerprint density at radius 1 is 1.19 bits per heavy atom. The van der Waals surface area contributed by atoms with Gasteiger partial charge in [-0.25, -0.2) is 4.98 Å². The third-order valence-corrected chi connectivity index (χ3v) is 4.55. The highest BCUT2D eigenvalue weighted by atomic mass is 79.9. The molecule has 0 aliphatic heterocycles. The van der Waals surface area contributed by atoms with Gasteiger partial charge in [-0.05, 0) is 45.6 Å². The lowest BCUT2D eigenvalue weighted by atomic mass is 10.2. The van der Waals surface area contributed by atoms with Gasteiger partial charge in [-0.1, -0.05) is 12.1 Å². The van der Waals surface area contributed by atoms with Gasteiger partial charge < -0.3 is 4.74 Å². The van der Waals surface area contributed by atoms with E-state index >= 15 is 0 Å². The first kappa shape index (κ1) is 13.7. The van der Waals surface area contributed by atoms with Crippen LogP contribution in [-0.4, -0.2) is 9.97 Å². The summed E-state index contributed by atoms with van der Waals surface area (Å²) >= 11 is 5.06. The van der Waals surface area contributed by atoms with Crippen LogP contribution in [-0.2, 0) is 0 Å². The number of nitriles is 1. The van der Waals surface area contributed by atoms with Crippen molar-refractivity contribution in [2.75, 3.05) is 0 Å². The molecule has 2 heterocycles. The summed E-state index contributed by atoms with van der Waals surface area (Å²) in [5, 5.41) is 11.0. The van der Waals surface area contributed by atoms with E-state index in [1.807, 2.05) is 17.5 Å². The second-order valence-electron chi connectivity index (χ2n) is 4.03. The normalized spacial score (nSPS) is 10.1. The Labute approximate surface area is 133 Å². The number of rotatable bonds is 3. The molecule has 3 rings (SSSR count). The lowest BCUT2D eigenvalue weighted by Gasteiger charge is -2.06. The molecule has 0 spiro atoms. The van der Waals surface area contributed by atoms with Crippen LogP contribution in [0.2, 0.25) is 0 Å². The van der Waals surface area contributed by atoms with Gasteiger partial charge in [0.05, 0.1) is 16.1 Å². The molecule has 0 N–H and O–H groups in total. The minimum Gasteiger partial charge on any atom is -0.423 e. The third-order valence-electron chi connectivity index (χ3n) is 2.69. The number of ether oxygens (including phenoxy) is 1. The van der Waals surface area contributed by atoms with E-state index in [2.05, 4.69) is 32.0 Å². The summed E-state index contributed by atoms with van der Waals surface area (Å²) < 4.78 is 6.60. The Morgan fingerprint density at radius 2 is 2.05 bits per heavy atom. The molecule has 2 aromatic heterocycles. The number of thiophene rings is 1. The maximum absolute atomic E-state index is 9.06. The van der Waals surface area contributed by atoms with Crippen LogP contribution in [0.4, 0.5) is 0 Å². The van der Waals surface area contributed by atoms with Gasteiger partial charge in [-0.3, -0.25) is 0 Å². The zero-order valence-electron chi connectivity index (χ0n) is 10.7. The summed E-state index contributed by atoms with van der Waals surface area (Å²) in [4.78, 5) is 9.49. The highest BCUT2D eigenvalue weighted by Crippen LogP contribution is 2.33. The fraction of sp³-hybridized carbons (Fsp3) is 0. The molecule has 0 fully saturated rings. The molecule has 0 unspecified atom stereocenters. The van der Waals surface area contributed by atoms with E-state index in [1.165, 1.54) is 0 Å². The van der Waals surface area contributed by atoms with E-state index in [0.717, 1.165) is 15.0 Å². The topological polar surface area (TPSA) is 58.8 Å². The van der Waals surface area contributed by atoms with Crippen LogP contribution in [0, 0.1) is 11.3 Å². The quantitative estimate of drug-likeness (QED) is 0.685. The predicted molar refractivity (Wildman–Crippen MR) is 84.3 cm³/mol. The fourth-order valence-corrected chi connectivity index (χ4v) is 3.29. The van der Waals surface area contributed by atoms with Crippen molar-refractivity contribution in [3.8, 4) is 28.4 Å². The molecular formula is C15H8BrN3OS. The Hall–Kier alpha value is -2.23. The van der Waals surface area contributed by atoms with Crippen molar-refractivity contribution >= 4 is 27.3 Å². The first-order valence-corrected chi connectivity index (χ1v) is 7.68. The van der Waals surface area contributed by atoms with E-state index in [9.17, 15) is 0 Å². The molecule has 6 heteroatoms. The minimum atomic E-state index is 0.218. The molecule has 3 aromatic rings. The van der Waals surface area contributed by atoms with Gasteiger partial charge in [-0.15, -0.1) is 11.3 Å². The SMILES string of the molecule is N#Cc1ccccc1Oc1nccc(-c2sccc2Br)n1. The summed E-state index contributed by atoms with van der Waals surface area (Å²) in [5.74, 6) is 0.447. The van der Waals surface area contributed by atoms with Crippen LogP contribution in [0.15, 0.2) is 52.4 Å². The van der Waals surface area contributed by atoms with Gasteiger partial charge in [-0.2, -0.15) is 10.2 Å². The van der Waals surface area contributed by atoms with E-state index in [0.29, 0.717) is 11.3 Å². The van der Waals surface area contributed by atoms with Gasteiger partial charge in [0.1, 0.15) is 11.8 Å². The molecule has 0 amide bonds. The lowest BCUT2D eigenvalue weighted by Crippen LogP contribution is -1.94. The number of nitrogens with zero attached hydrogens (tertiary/aromatic N) is 3. The van der Waals surface area contributed by atoms with Crippen LogP contribution in [0.3, 0.4) is 0 Å². The zero-order valence-corrected chi connectivity index (χ0v) is 13.1. The van der Waals surface area contributed by atoms with E-state index in [4.69, 9.17) is 10.00 Å². The van der Waals surface area contributed by atoms with Crippen LogP contribution >= 0.6 is 27.3 Å². The average Bonchev–Trinajstić information content (AvgIpc) is 2.94. The smallest absolute Gasteiger partial charge is 0.322 e. The number of aromatic nitrogens is 2. The molecule has 21 heavy (non-hydrogen) atoms. The average molecular weight is 358 g/mol. The van der Waals surface area contributed by atoms with E-state index < -0.39 is 0 Å². The van der Waals surface area contributed by atoms with E-state index in [-0.39, 0.29) is 6.01 Å². The Bertz CT molecular complexity index is 826. The third kappa shape index (κ3) is 2.94. The zero-order chi connectivity index (χ0) is 14.7. The number of hydrogen-bond donors (Lipinski definition) is 0. The van der Waals surface area contributed by atoms with Gasteiger partial charge in [0.15, 0.2) is 0 Å². The Morgan fingerprint density at radius 3 is 2.81 bits per heavy atom. The largest absolute Gasteiger partial charge is 0.423 e. The summed E-state index contributed by atoms with van der Waals surface area (Å²) in [7, 11) is 0. The van der Waals surface area contributed by atoms with Crippen molar-refractivity contribution in [1.29, 1.82) is 5.26 Å². The van der Waals surface area contributed by atoms with Crippen LogP contribution in [0.5, 0.6) is 11.8 Å². The number of hydrogen-bond acceptors (Lipinski definition) is 5. The molecule has 4 nitrogen and oxygen atoms in total. The summed E-state index contributed by atoms with van der Waals surface area (Å²) in [6.07, 6.45) is 1.64.